The summed E-state index contributed by atoms with van der Waals surface area (Å²) in [6.45, 7) is 6.54. The lowest BCUT2D eigenvalue weighted by Crippen LogP contribution is -2.03. The summed E-state index contributed by atoms with van der Waals surface area (Å²) in [6, 6.07) is 3.66. The van der Waals surface area contributed by atoms with E-state index in [9.17, 15) is 4.79 Å². The maximum absolute atomic E-state index is 11.4. The SMILES string of the molecule is CCOc1cc(C(C)=O)cc(COC)c1C. The Balaban J connectivity index is 3.21. The molecule has 1 rings (SSSR count). The van der Waals surface area contributed by atoms with E-state index < -0.39 is 0 Å². The van der Waals surface area contributed by atoms with Crippen molar-refractivity contribution in [2.45, 2.75) is 27.4 Å². The highest BCUT2D eigenvalue weighted by Gasteiger charge is 2.10. The van der Waals surface area contributed by atoms with Crippen LogP contribution in [-0.4, -0.2) is 19.5 Å². The van der Waals surface area contributed by atoms with Gasteiger partial charge in [0.25, 0.3) is 0 Å². The number of carbonyl (C=O) groups excluding carboxylic acids is 1. The highest BCUT2D eigenvalue weighted by atomic mass is 16.5. The molecule has 0 aliphatic rings. The molecule has 0 saturated heterocycles. The molecule has 16 heavy (non-hydrogen) atoms. The summed E-state index contributed by atoms with van der Waals surface area (Å²) in [5.74, 6) is 0.806. The van der Waals surface area contributed by atoms with Gasteiger partial charge in [-0.3, -0.25) is 4.79 Å². The summed E-state index contributed by atoms with van der Waals surface area (Å²) in [4.78, 5) is 11.4. The first-order valence-corrected chi connectivity index (χ1v) is 5.36. The number of benzene rings is 1. The van der Waals surface area contributed by atoms with E-state index in [1.54, 1.807) is 20.1 Å². The highest BCUT2D eigenvalue weighted by molar-refractivity contribution is 5.94. The van der Waals surface area contributed by atoms with Gasteiger partial charge in [-0.05, 0) is 44.0 Å². The van der Waals surface area contributed by atoms with Gasteiger partial charge in [0.15, 0.2) is 5.78 Å². The van der Waals surface area contributed by atoms with Gasteiger partial charge in [0.2, 0.25) is 0 Å². The van der Waals surface area contributed by atoms with Crippen LogP contribution in [0.2, 0.25) is 0 Å². The predicted octanol–water partition coefficient (Wildman–Crippen LogP) is 2.74. The van der Waals surface area contributed by atoms with Gasteiger partial charge >= 0.3 is 0 Å². The normalized spacial score (nSPS) is 10.2. The summed E-state index contributed by atoms with van der Waals surface area (Å²) in [6.07, 6.45) is 0. The number of hydrogen-bond donors (Lipinski definition) is 0. The van der Waals surface area contributed by atoms with Crippen LogP contribution < -0.4 is 4.74 Å². The van der Waals surface area contributed by atoms with E-state index in [1.165, 1.54) is 0 Å². The van der Waals surface area contributed by atoms with Gasteiger partial charge in [-0.25, -0.2) is 0 Å². The molecule has 0 radical (unpaired) electrons. The van der Waals surface area contributed by atoms with Crippen LogP contribution in [0.1, 0.15) is 35.3 Å². The molecular weight excluding hydrogens is 204 g/mol. The summed E-state index contributed by atoms with van der Waals surface area (Å²) >= 11 is 0. The maximum atomic E-state index is 11.4. The van der Waals surface area contributed by atoms with E-state index in [2.05, 4.69) is 0 Å². The molecule has 1 aromatic rings. The lowest BCUT2D eigenvalue weighted by Gasteiger charge is -2.13. The Morgan fingerprint density at radius 1 is 1.38 bits per heavy atom. The lowest BCUT2D eigenvalue weighted by molar-refractivity contribution is 0.101. The number of Topliss-reactive ketones (excluding diaryl/α,β-unsaturated/α-hetero) is 1. The topological polar surface area (TPSA) is 35.5 Å². The zero-order chi connectivity index (χ0) is 12.1. The molecule has 88 valence electrons. The summed E-state index contributed by atoms with van der Waals surface area (Å²) in [5.41, 5.74) is 2.70. The average molecular weight is 222 g/mol. The first-order chi connectivity index (χ1) is 7.60. The van der Waals surface area contributed by atoms with Gasteiger partial charge in [-0.15, -0.1) is 0 Å². The number of rotatable bonds is 5. The minimum absolute atomic E-state index is 0.0401. The van der Waals surface area contributed by atoms with E-state index in [0.717, 1.165) is 16.9 Å². The Morgan fingerprint density at radius 3 is 2.56 bits per heavy atom. The van der Waals surface area contributed by atoms with Crippen molar-refractivity contribution in [2.75, 3.05) is 13.7 Å². The van der Waals surface area contributed by atoms with Crippen LogP contribution in [0.25, 0.3) is 0 Å². The average Bonchev–Trinajstić information content (AvgIpc) is 2.24. The third-order valence-corrected chi connectivity index (χ3v) is 2.47. The smallest absolute Gasteiger partial charge is 0.159 e. The van der Waals surface area contributed by atoms with Crippen molar-refractivity contribution in [3.05, 3.63) is 28.8 Å². The summed E-state index contributed by atoms with van der Waals surface area (Å²) in [7, 11) is 1.64. The van der Waals surface area contributed by atoms with Crippen LogP contribution in [-0.2, 0) is 11.3 Å². The summed E-state index contributed by atoms with van der Waals surface area (Å²) < 4.78 is 10.6. The van der Waals surface area contributed by atoms with Crippen molar-refractivity contribution in [2.24, 2.45) is 0 Å². The fraction of sp³-hybridized carbons (Fsp3) is 0.462. The van der Waals surface area contributed by atoms with Gasteiger partial charge in [0.05, 0.1) is 13.2 Å². The Hall–Kier alpha value is -1.35. The Kier molecular flexibility index (Phi) is 4.50. The quantitative estimate of drug-likeness (QED) is 0.718. The lowest BCUT2D eigenvalue weighted by atomic mass is 10.0. The first kappa shape index (κ1) is 12.7. The standard InChI is InChI=1S/C13H18O3/c1-5-16-13-7-11(10(3)14)6-12(8-15-4)9(13)2/h6-7H,5,8H2,1-4H3. The molecule has 0 heterocycles. The second-order valence-corrected chi connectivity index (χ2v) is 3.68. The minimum Gasteiger partial charge on any atom is -0.494 e. The Morgan fingerprint density at radius 2 is 2.06 bits per heavy atom. The van der Waals surface area contributed by atoms with Crippen molar-refractivity contribution in [1.29, 1.82) is 0 Å². The highest BCUT2D eigenvalue weighted by Crippen LogP contribution is 2.25. The summed E-state index contributed by atoms with van der Waals surface area (Å²) in [5, 5.41) is 0. The van der Waals surface area contributed by atoms with E-state index >= 15 is 0 Å². The molecule has 0 atom stereocenters. The van der Waals surface area contributed by atoms with Crippen LogP contribution in [0.15, 0.2) is 12.1 Å². The molecular formula is C13H18O3. The first-order valence-electron chi connectivity index (χ1n) is 5.36. The van der Waals surface area contributed by atoms with Crippen LogP contribution in [0.4, 0.5) is 0 Å². The number of methoxy groups -OCH3 is 1. The molecule has 0 aromatic heterocycles. The van der Waals surface area contributed by atoms with E-state index in [-0.39, 0.29) is 5.78 Å². The number of hydrogen-bond acceptors (Lipinski definition) is 3. The van der Waals surface area contributed by atoms with Crippen molar-refractivity contribution in [3.63, 3.8) is 0 Å². The van der Waals surface area contributed by atoms with E-state index in [0.29, 0.717) is 18.8 Å². The van der Waals surface area contributed by atoms with Crippen molar-refractivity contribution in [3.8, 4) is 5.75 Å². The van der Waals surface area contributed by atoms with Gasteiger partial charge in [0.1, 0.15) is 5.75 Å². The molecule has 3 heteroatoms. The van der Waals surface area contributed by atoms with Gasteiger partial charge < -0.3 is 9.47 Å². The maximum Gasteiger partial charge on any atom is 0.159 e. The Bertz CT molecular complexity index is 356. The number of ketones is 1. The molecule has 0 amide bonds. The Labute approximate surface area is 96.4 Å². The van der Waals surface area contributed by atoms with Crippen LogP contribution in [0.3, 0.4) is 0 Å². The fourth-order valence-electron chi connectivity index (χ4n) is 1.56. The third-order valence-electron chi connectivity index (χ3n) is 2.47. The second-order valence-electron chi connectivity index (χ2n) is 3.68. The second kappa shape index (κ2) is 5.66. The molecule has 1 aromatic carbocycles. The zero-order valence-electron chi connectivity index (χ0n) is 10.3. The van der Waals surface area contributed by atoms with Gasteiger partial charge in [-0.2, -0.15) is 0 Å². The van der Waals surface area contributed by atoms with Crippen LogP contribution in [0, 0.1) is 6.92 Å². The molecule has 0 unspecified atom stereocenters. The minimum atomic E-state index is 0.0401. The molecule has 0 saturated carbocycles. The van der Waals surface area contributed by atoms with E-state index in [4.69, 9.17) is 9.47 Å². The predicted molar refractivity (Wildman–Crippen MR) is 63.1 cm³/mol. The third kappa shape index (κ3) is 2.83. The van der Waals surface area contributed by atoms with Gasteiger partial charge in [0, 0.05) is 12.7 Å². The van der Waals surface area contributed by atoms with Crippen molar-refractivity contribution < 1.29 is 14.3 Å². The molecule has 3 nitrogen and oxygen atoms in total. The number of ether oxygens (including phenoxy) is 2. The molecule has 0 aliphatic carbocycles. The van der Waals surface area contributed by atoms with Crippen LogP contribution >= 0.6 is 0 Å². The largest absolute Gasteiger partial charge is 0.494 e. The molecule has 0 N–H and O–H groups in total. The number of carbonyl (C=O) groups is 1. The van der Waals surface area contributed by atoms with Gasteiger partial charge in [-0.1, -0.05) is 0 Å². The zero-order valence-corrected chi connectivity index (χ0v) is 10.3. The van der Waals surface area contributed by atoms with Crippen molar-refractivity contribution in [1.82, 2.24) is 0 Å². The van der Waals surface area contributed by atoms with Crippen LogP contribution in [0.5, 0.6) is 5.75 Å². The fourth-order valence-corrected chi connectivity index (χ4v) is 1.56. The molecule has 0 spiro atoms. The van der Waals surface area contributed by atoms with Crippen molar-refractivity contribution >= 4 is 5.78 Å². The molecule has 0 fully saturated rings. The molecule has 0 bridgehead atoms. The monoisotopic (exact) mass is 222 g/mol. The molecule has 0 aliphatic heterocycles. The van der Waals surface area contributed by atoms with E-state index in [1.807, 2.05) is 19.9 Å².